The third-order valence-electron chi connectivity index (χ3n) is 4.33. The van der Waals surface area contributed by atoms with Crippen molar-refractivity contribution in [2.45, 2.75) is 6.54 Å². The van der Waals surface area contributed by atoms with E-state index in [1.54, 1.807) is 41.8 Å². The second-order valence-corrected chi connectivity index (χ2v) is 6.86. The van der Waals surface area contributed by atoms with Crippen LogP contribution in [0, 0.1) is 5.82 Å². The first-order chi connectivity index (χ1) is 13.1. The molecular formula is C20H15FN2O3S. The second kappa shape index (κ2) is 6.85. The van der Waals surface area contributed by atoms with Crippen LogP contribution in [0.3, 0.4) is 0 Å². The number of aromatic nitrogens is 2. The van der Waals surface area contributed by atoms with Gasteiger partial charge in [0.25, 0.3) is 5.56 Å². The summed E-state index contributed by atoms with van der Waals surface area (Å²) >= 11 is 1.28. The number of hydrogen-bond donors (Lipinski definition) is 0. The first-order valence-corrected chi connectivity index (χ1v) is 9.09. The van der Waals surface area contributed by atoms with Crippen molar-refractivity contribution in [1.29, 1.82) is 0 Å². The topological polar surface area (TPSA) is 53.2 Å². The van der Waals surface area contributed by atoms with Gasteiger partial charge in [0.15, 0.2) is 11.6 Å². The standard InChI is InChI=1S/C20H15FN2O3S/c1-26-17-8-7-13(11-15(17)21)12-22-16-9-10-27-18(16)19(24)23(20(22)25)14-5-3-2-4-6-14/h2-11H,12H2,1H3. The molecule has 2 aromatic heterocycles. The molecular weight excluding hydrogens is 367 g/mol. The summed E-state index contributed by atoms with van der Waals surface area (Å²) in [7, 11) is 1.40. The van der Waals surface area contributed by atoms with Gasteiger partial charge in [0.1, 0.15) is 4.70 Å². The number of thiophene rings is 1. The molecule has 0 radical (unpaired) electrons. The van der Waals surface area contributed by atoms with Gasteiger partial charge in [-0.3, -0.25) is 9.36 Å². The third-order valence-corrected chi connectivity index (χ3v) is 5.22. The van der Waals surface area contributed by atoms with Crippen LogP contribution in [-0.2, 0) is 6.54 Å². The summed E-state index contributed by atoms with van der Waals surface area (Å²) in [6, 6.07) is 15.1. The van der Waals surface area contributed by atoms with Gasteiger partial charge < -0.3 is 4.74 Å². The van der Waals surface area contributed by atoms with Crippen LogP contribution < -0.4 is 16.0 Å². The molecule has 0 aliphatic heterocycles. The highest BCUT2D eigenvalue weighted by atomic mass is 32.1. The molecule has 4 aromatic rings. The third kappa shape index (κ3) is 2.96. The van der Waals surface area contributed by atoms with Crippen molar-refractivity contribution in [2.75, 3.05) is 7.11 Å². The van der Waals surface area contributed by atoms with Gasteiger partial charge in [-0.05, 0) is 41.3 Å². The number of para-hydroxylation sites is 1. The molecule has 136 valence electrons. The van der Waals surface area contributed by atoms with Crippen LogP contribution in [0.1, 0.15) is 5.56 Å². The van der Waals surface area contributed by atoms with E-state index in [1.807, 2.05) is 6.07 Å². The Bertz CT molecular complexity index is 1240. The SMILES string of the molecule is COc1ccc(Cn2c(=O)n(-c3ccccc3)c(=O)c3sccc32)cc1F. The van der Waals surface area contributed by atoms with Crippen LogP contribution in [0.15, 0.2) is 69.6 Å². The summed E-state index contributed by atoms with van der Waals surface area (Å²) in [5.74, 6) is -0.359. The quantitative estimate of drug-likeness (QED) is 0.544. The Morgan fingerprint density at radius 3 is 2.56 bits per heavy atom. The summed E-state index contributed by atoms with van der Waals surface area (Å²) < 4.78 is 22.1. The van der Waals surface area contributed by atoms with Crippen LogP contribution in [0.5, 0.6) is 5.75 Å². The molecule has 0 bridgehead atoms. The summed E-state index contributed by atoms with van der Waals surface area (Å²) in [4.78, 5) is 26.0. The average molecular weight is 382 g/mol. The molecule has 2 heterocycles. The summed E-state index contributed by atoms with van der Waals surface area (Å²) in [6.07, 6.45) is 0. The van der Waals surface area contributed by atoms with Crippen LogP contribution in [0.4, 0.5) is 4.39 Å². The Kier molecular flexibility index (Phi) is 4.37. The Morgan fingerprint density at radius 2 is 1.85 bits per heavy atom. The maximum atomic E-state index is 14.1. The second-order valence-electron chi connectivity index (χ2n) is 5.95. The van der Waals surface area contributed by atoms with Crippen molar-refractivity contribution in [1.82, 2.24) is 9.13 Å². The maximum Gasteiger partial charge on any atom is 0.336 e. The van der Waals surface area contributed by atoms with Crippen molar-refractivity contribution >= 4 is 21.6 Å². The summed E-state index contributed by atoms with van der Waals surface area (Å²) in [6.45, 7) is 0.139. The average Bonchev–Trinajstić information content (AvgIpc) is 3.16. The first kappa shape index (κ1) is 17.2. The van der Waals surface area contributed by atoms with E-state index in [2.05, 4.69) is 0 Å². The highest BCUT2D eigenvalue weighted by molar-refractivity contribution is 7.17. The van der Waals surface area contributed by atoms with Gasteiger partial charge in [0, 0.05) is 0 Å². The molecule has 0 atom stereocenters. The number of rotatable bonds is 4. The van der Waals surface area contributed by atoms with Crippen LogP contribution in [0.25, 0.3) is 15.9 Å². The van der Waals surface area contributed by atoms with Crippen molar-refractivity contribution in [2.24, 2.45) is 0 Å². The van der Waals surface area contributed by atoms with E-state index in [-0.39, 0.29) is 17.9 Å². The Hall–Kier alpha value is -3.19. The molecule has 0 saturated carbocycles. The molecule has 0 unspecified atom stereocenters. The highest BCUT2D eigenvalue weighted by Crippen LogP contribution is 2.20. The number of fused-ring (bicyclic) bond motifs is 1. The molecule has 0 amide bonds. The molecule has 7 heteroatoms. The van der Waals surface area contributed by atoms with E-state index in [0.717, 1.165) is 4.57 Å². The molecule has 0 fully saturated rings. The van der Waals surface area contributed by atoms with Gasteiger partial charge in [0.2, 0.25) is 0 Å². The maximum absolute atomic E-state index is 14.1. The fraction of sp³-hybridized carbons (Fsp3) is 0.100. The number of benzene rings is 2. The van der Waals surface area contributed by atoms with E-state index in [0.29, 0.717) is 21.5 Å². The van der Waals surface area contributed by atoms with Gasteiger partial charge in [0.05, 0.1) is 24.9 Å². The zero-order chi connectivity index (χ0) is 19.0. The fourth-order valence-electron chi connectivity index (χ4n) is 3.04. The predicted octanol–water partition coefficient (Wildman–Crippen LogP) is 3.41. The Balaban J connectivity index is 1.93. The number of ether oxygens (including phenoxy) is 1. The van der Waals surface area contributed by atoms with Crippen LogP contribution in [-0.4, -0.2) is 16.2 Å². The minimum atomic E-state index is -0.499. The van der Waals surface area contributed by atoms with Gasteiger partial charge >= 0.3 is 5.69 Å². The lowest BCUT2D eigenvalue weighted by atomic mass is 10.2. The molecule has 0 spiro atoms. The van der Waals surface area contributed by atoms with Crippen molar-refractivity contribution in [3.05, 3.63) is 92.2 Å². The van der Waals surface area contributed by atoms with Crippen LogP contribution in [0.2, 0.25) is 0 Å². The Labute approximate surface area is 157 Å². The normalized spacial score (nSPS) is 11.0. The minimum Gasteiger partial charge on any atom is -0.494 e. The van der Waals surface area contributed by atoms with E-state index in [9.17, 15) is 14.0 Å². The van der Waals surface area contributed by atoms with E-state index in [4.69, 9.17) is 4.74 Å². The smallest absolute Gasteiger partial charge is 0.336 e. The molecule has 0 N–H and O–H groups in total. The van der Waals surface area contributed by atoms with Crippen molar-refractivity contribution < 1.29 is 9.13 Å². The molecule has 0 aliphatic carbocycles. The first-order valence-electron chi connectivity index (χ1n) is 8.21. The van der Waals surface area contributed by atoms with Gasteiger partial charge in [-0.1, -0.05) is 24.3 Å². The molecule has 5 nitrogen and oxygen atoms in total. The summed E-state index contributed by atoms with van der Waals surface area (Å²) in [5, 5.41) is 1.77. The number of hydrogen-bond acceptors (Lipinski definition) is 4. The molecule has 4 rings (SSSR count). The zero-order valence-corrected chi connectivity index (χ0v) is 15.2. The van der Waals surface area contributed by atoms with E-state index < -0.39 is 11.5 Å². The number of nitrogens with zero attached hydrogens (tertiary/aromatic N) is 2. The molecule has 0 aliphatic rings. The minimum absolute atomic E-state index is 0.139. The van der Waals surface area contributed by atoms with E-state index in [1.165, 1.54) is 35.1 Å². The zero-order valence-electron chi connectivity index (χ0n) is 14.4. The van der Waals surface area contributed by atoms with Gasteiger partial charge in [-0.25, -0.2) is 13.8 Å². The predicted molar refractivity (Wildman–Crippen MR) is 104 cm³/mol. The summed E-state index contributed by atoms with van der Waals surface area (Å²) in [5.41, 5.74) is 0.818. The molecule has 27 heavy (non-hydrogen) atoms. The largest absolute Gasteiger partial charge is 0.494 e. The lowest BCUT2D eigenvalue weighted by molar-refractivity contribution is 0.386. The number of methoxy groups -OCH3 is 1. The van der Waals surface area contributed by atoms with E-state index >= 15 is 0 Å². The Morgan fingerprint density at radius 1 is 1.07 bits per heavy atom. The molecule has 2 aromatic carbocycles. The lowest BCUT2D eigenvalue weighted by Crippen LogP contribution is -2.38. The van der Waals surface area contributed by atoms with Gasteiger partial charge in [-0.2, -0.15) is 0 Å². The lowest BCUT2D eigenvalue weighted by Gasteiger charge is -2.13. The highest BCUT2D eigenvalue weighted by Gasteiger charge is 2.16. The number of halogens is 1. The molecule has 0 saturated heterocycles. The van der Waals surface area contributed by atoms with Gasteiger partial charge in [-0.15, -0.1) is 11.3 Å². The fourth-order valence-corrected chi connectivity index (χ4v) is 3.86. The van der Waals surface area contributed by atoms with Crippen LogP contribution >= 0.6 is 11.3 Å². The van der Waals surface area contributed by atoms with Crippen molar-refractivity contribution in [3.8, 4) is 11.4 Å². The van der Waals surface area contributed by atoms with Crippen molar-refractivity contribution in [3.63, 3.8) is 0 Å². The monoisotopic (exact) mass is 382 g/mol.